The summed E-state index contributed by atoms with van der Waals surface area (Å²) in [6.07, 6.45) is 0. The van der Waals surface area contributed by atoms with Gasteiger partial charge in [-0.25, -0.2) is 4.98 Å². The van der Waals surface area contributed by atoms with Crippen LogP contribution in [-0.2, 0) is 0 Å². The van der Waals surface area contributed by atoms with E-state index in [1.807, 2.05) is 0 Å². The third kappa shape index (κ3) is 2.01. The minimum Gasteiger partial charge on any atom is -0.357 e. The molecule has 0 atom stereocenters. The van der Waals surface area contributed by atoms with Gasteiger partial charge >= 0.3 is 0 Å². The van der Waals surface area contributed by atoms with E-state index in [4.69, 9.17) is 4.98 Å². The first-order chi connectivity index (χ1) is 7.74. The normalized spacial score (nSPS) is 10.7. The first-order valence-electron chi connectivity index (χ1n) is 5.87. The van der Waals surface area contributed by atoms with Crippen LogP contribution < -0.4 is 4.90 Å². The van der Waals surface area contributed by atoms with Crippen molar-refractivity contribution in [1.29, 1.82) is 0 Å². The molecular weight excluding hydrogens is 196 g/mol. The Morgan fingerprint density at radius 2 is 1.75 bits per heavy atom. The van der Waals surface area contributed by atoms with Crippen molar-refractivity contribution in [1.82, 2.24) is 4.98 Å². The summed E-state index contributed by atoms with van der Waals surface area (Å²) in [5.74, 6) is 1.07. The van der Waals surface area contributed by atoms with Crippen LogP contribution in [-0.4, -0.2) is 18.1 Å². The van der Waals surface area contributed by atoms with E-state index >= 15 is 0 Å². The fraction of sp³-hybridized carbons (Fsp3) is 0.357. The van der Waals surface area contributed by atoms with Crippen molar-refractivity contribution < 1.29 is 0 Å². The van der Waals surface area contributed by atoms with E-state index < -0.39 is 0 Å². The molecular formula is C14H18N2. The summed E-state index contributed by atoms with van der Waals surface area (Å²) in [6, 6.07) is 10.6. The highest BCUT2D eigenvalue weighted by atomic mass is 15.2. The molecule has 1 aromatic heterocycles. The molecule has 0 radical (unpaired) electrons. The van der Waals surface area contributed by atoms with Crippen LogP contribution in [0.3, 0.4) is 0 Å². The lowest BCUT2D eigenvalue weighted by Gasteiger charge is -2.19. The van der Waals surface area contributed by atoms with Crippen molar-refractivity contribution in [2.24, 2.45) is 0 Å². The van der Waals surface area contributed by atoms with Crippen molar-refractivity contribution in [3.63, 3.8) is 0 Å². The van der Waals surface area contributed by atoms with Crippen LogP contribution in [0.15, 0.2) is 30.3 Å². The van der Waals surface area contributed by atoms with Crippen LogP contribution in [0.1, 0.15) is 19.4 Å². The molecule has 0 saturated carbocycles. The second-order valence-corrected chi connectivity index (χ2v) is 4.04. The number of aromatic nitrogens is 1. The minimum absolute atomic E-state index is 1.00. The van der Waals surface area contributed by atoms with E-state index in [1.165, 1.54) is 10.9 Å². The molecule has 84 valence electrons. The summed E-state index contributed by atoms with van der Waals surface area (Å²) in [5.41, 5.74) is 2.35. The SMILES string of the molecule is CCN(CC)c1ccc2ccc(C)cc2n1. The molecule has 1 heterocycles. The van der Waals surface area contributed by atoms with E-state index in [9.17, 15) is 0 Å². The van der Waals surface area contributed by atoms with Crippen molar-refractivity contribution in [3.05, 3.63) is 35.9 Å². The quantitative estimate of drug-likeness (QED) is 0.778. The maximum absolute atomic E-state index is 4.70. The zero-order valence-corrected chi connectivity index (χ0v) is 10.2. The second kappa shape index (κ2) is 4.52. The number of hydrogen-bond donors (Lipinski definition) is 0. The largest absolute Gasteiger partial charge is 0.357 e. The predicted molar refractivity (Wildman–Crippen MR) is 70.0 cm³/mol. The zero-order valence-electron chi connectivity index (χ0n) is 10.2. The number of rotatable bonds is 3. The van der Waals surface area contributed by atoms with E-state index in [1.54, 1.807) is 0 Å². The highest BCUT2D eigenvalue weighted by molar-refractivity contribution is 5.81. The molecule has 0 N–H and O–H groups in total. The first-order valence-corrected chi connectivity index (χ1v) is 5.87. The molecule has 2 aromatic rings. The Kier molecular flexibility index (Phi) is 3.09. The number of fused-ring (bicyclic) bond motifs is 1. The molecule has 0 spiro atoms. The van der Waals surface area contributed by atoms with E-state index in [0.717, 1.165) is 24.4 Å². The topological polar surface area (TPSA) is 16.1 Å². The maximum Gasteiger partial charge on any atom is 0.129 e. The van der Waals surface area contributed by atoms with E-state index in [0.29, 0.717) is 0 Å². The molecule has 1 aromatic carbocycles. The van der Waals surface area contributed by atoms with E-state index in [-0.39, 0.29) is 0 Å². The number of nitrogens with zero attached hydrogens (tertiary/aromatic N) is 2. The highest BCUT2D eigenvalue weighted by Gasteiger charge is 2.04. The van der Waals surface area contributed by atoms with Crippen molar-refractivity contribution in [2.45, 2.75) is 20.8 Å². The third-order valence-corrected chi connectivity index (χ3v) is 2.92. The lowest BCUT2D eigenvalue weighted by molar-refractivity contribution is 0.850. The predicted octanol–water partition coefficient (Wildman–Crippen LogP) is 3.39. The van der Waals surface area contributed by atoms with Gasteiger partial charge in [-0.15, -0.1) is 0 Å². The van der Waals surface area contributed by atoms with Gasteiger partial charge in [-0.3, -0.25) is 0 Å². The average molecular weight is 214 g/mol. The summed E-state index contributed by atoms with van der Waals surface area (Å²) >= 11 is 0. The Morgan fingerprint density at radius 1 is 1.06 bits per heavy atom. The summed E-state index contributed by atoms with van der Waals surface area (Å²) < 4.78 is 0. The van der Waals surface area contributed by atoms with Crippen molar-refractivity contribution in [3.8, 4) is 0 Å². The molecule has 0 amide bonds. The Bertz CT molecular complexity index is 487. The number of anilines is 1. The molecule has 0 aliphatic rings. The van der Waals surface area contributed by atoms with Crippen LogP contribution in [0.4, 0.5) is 5.82 Å². The van der Waals surface area contributed by atoms with Gasteiger partial charge in [0, 0.05) is 18.5 Å². The van der Waals surface area contributed by atoms with Gasteiger partial charge in [-0.2, -0.15) is 0 Å². The number of aryl methyl sites for hydroxylation is 1. The zero-order chi connectivity index (χ0) is 11.5. The van der Waals surface area contributed by atoms with Crippen molar-refractivity contribution in [2.75, 3.05) is 18.0 Å². The first kappa shape index (κ1) is 10.9. The smallest absolute Gasteiger partial charge is 0.129 e. The molecule has 16 heavy (non-hydrogen) atoms. The van der Waals surface area contributed by atoms with Crippen LogP contribution in [0.2, 0.25) is 0 Å². The Morgan fingerprint density at radius 3 is 2.44 bits per heavy atom. The molecule has 0 fully saturated rings. The minimum atomic E-state index is 1.00. The average Bonchev–Trinajstić information content (AvgIpc) is 2.30. The summed E-state index contributed by atoms with van der Waals surface area (Å²) in [6.45, 7) is 8.42. The molecule has 0 bridgehead atoms. The van der Waals surface area contributed by atoms with Gasteiger partial charge in [0.05, 0.1) is 5.52 Å². The fourth-order valence-electron chi connectivity index (χ4n) is 1.94. The highest BCUT2D eigenvalue weighted by Crippen LogP contribution is 2.18. The lowest BCUT2D eigenvalue weighted by atomic mass is 10.1. The van der Waals surface area contributed by atoms with Gasteiger partial charge < -0.3 is 4.90 Å². The number of pyridine rings is 1. The second-order valence-electron chi connectivity index (χ2n) is 4.04. The molecule has 0 aliphatic heterocycles. The van der Waals surface area contributed by atoms with Crippen molar-refractivity contribution >= 4 is 16.7 Å². The van der Waals surface area contributed by atoms with Crippen LogP contribution in [0.25, 0.3) is 10.9 Å². The molecule has 0 saturated heterocycles. The van der Waals surface area contributed by atoms with Crippen LogP contribution >= 0.6 is 0 Å². The van der Waals surface area contributed by atoms with Gasteiger partial charge in [0.15, 0.2) is 0 Å². The third-order valence-electron chi connectivity index (χ3n) is 2.92. The summed E-state index contributed by atoms with van der Waals surface area (Å²) in [5, 5.41) is 1.21. The van der Waals surface area contributed by atoms with Crippen LogP contribution in [0.5, 0.6) is 0 Å². The lowest BCUT2D eigenvalue weighted by Crippen LogP contribution is -2.22. The van der Waals surface area contributed by atoms with Crippen LogP contribution in [0, 0.1) is 6.92 Å². The molecule has 2 heteroatoms. The van der Waals surface area contributed by atoms with Gasteiger partial charge in [-0.05, 0) is 44.5 Å². The Balaban J connectivity index is 2.49. The summed E-state index contributed by atoms with van der Waals surface area (Å²) in [7, 11) is 0. The molecule has 0 aliphatic carbocycles. The molecule has 2 nitrogen and oxygen atoms in total. The van der Waals surface area contributed by atoms with Gasteiger partial charge in [-0.1, -0.05) is 12.1 Å². The summed E-state index contributed by atoms with van der Waals surface area (Å²) in [4.78, 5) is 6.97. The Labute approximate surface area is 96.9 Å². The van der Waals surface area contributed by atoms with Gasteiger partial charge in [0.25, 0.3) is 0 Å². The molecule has 2 rings (SSSR count). The number of hydrogen-bond acceptors (Lipinski definition) is 2. The molecule has 0 unspecified atom stereocenters. The van der Waals surface area contributed by atoms with Gasteiger partial charge in [0.2, 0.25) is 0 Å². The Hall–Kier alpha value is -1.57. The van der Waals surface area contributed by atoms with Gasteiger partial charge in [0.1, 0.15) is 5.82 Å². The monoisotopic (exact) mass is 214 g/mol. The fourth-order valence-corrected chi connectivity index (χ4v) is 1.94. The van der Waals surface area contributed by atoms with E-state index in [2.05, 4.69) is 56.0 Å². The standard InChI is InChI=1S/C14H18N2/c1-4-16(5-2)14-9-8-12-7-6-11(3)10-13(12)15-14/h6-10H,4-5H2,1-3H3. The number of benzene rings is 1. The maximum atomic E-state index is 4.70.